The normalized spacial score (nSPS) is 16.7. The summed E-state index contributed by atoms with van der Waals surface area (Å²) in [6, 6.07) is 6.95. The van der Waals surface area contributed by atoms with E-state index in [2.05, 4.69) is 0 Å². The lowest BCUT2D eigenvalue weighted by Gasteiger charge is -2.04. The first kappa shape index (κ1) is 15.7. The highest BCUT2D eigenvalue weighted by atomic mass is 32.2. The van der Waals surface area contributed by atoms with Crippen LogP contribution in [0.2, 0.25) is 0 Å². The summed E-state index contributed by atoms with van der Waals surface area (Å²) in [4.78, 5) is 25.6. The van der Waals surface area contributed by atoms with Crippen molar-refractivity contribution in [2.45, 2.75) is 13.3 Å². The molecule has 110 valence electrons. The molecule has 1 aromatic rings. The van der Waals surface area contributed by atoms with Crippen LogP contribution >= 0.6 is 24.0 Å². The molecule has 0 unspecified atom stereocenters. The van der Waals surface area contributed by atoms with Crippen LogP contribution in [0.25, 0.3) is 6.08 Å². The fraction of sp³-hybridized carbons (Fsp3) is 0.267. The number of carbonyl (C=O) groups is 2. The molecular weight excluding hydrogens is 306 g/mol. The van der Waals surface area contributed by atoms with Crippen LogP contribution in [0.5, 0.6) is 0 Å². The molecule has 1 saturated heterocycles. The van der Waals surface area contributed by atoms with Gasteiger partial charge in [0.15, 0.2) is 0 Å². The molecule has 0 bridgehead atoms. The average molecular weight is 321 g/mol. The van der Waals surface area contributed by atoms with Gasteiger partial charge < -0.3 is 4.74 Å². The number of thiocarbonyl (C=S) groups is 1. The number of amides is 1. The van der Waals surface area contributed by atoms with E-state index in [1.165, 1.54) is 16.7 Å². The summed E-state index contributed by atoms with van der Waals surface area (Å²) in [7, 11) is 1.66. The molecule has 1 aliphatic rings. The Labute approximate surface area is 133 Å². The van der Waals surface area contributed by atoms with Crippen molar-refractivity contribution in [3.63, 3.8) is 0 Å². The van der Waals surface area contributed by atoms with Gasteiger partial charge in [-0.05, 0) is 30.2 Å². The smallest absolute Gasteiger partial charge is 0.338 e. The summed E-state index contributed by atoms with van der Waals surface area (Å²) in [5.74, 6) is -0.431. The first-order valence-electron chi connectivity index (χ1n) is 6.51. The number of carbonyl (C=O) groups excluding carboxylic acids is 2. The van der Waals surface area contributed by atoms with Crippen LogP contribution < -0.4 is 0 Å². The highest BCUT2D eigenvalue weighted by Gasteiger charge is 2.28. The molecule has 21 heavy (non-hydrogen) atoms. The molecule has 0 radical (unpaired) electrons. The van der Waals surface area contributed by atoms with Crippen molar-refractivity contribution in [1.29, 1.82) is 0 Å². The molecule has 0 aliphatic carbocycles. The molecular formula is C15H15NO3S2. The standard InChI is InChI=1S/C15H15NO3S2/c1-3-8-19-14(18)11-6-4-10(5-7-11)9-12-13(17)16(2)15(20)21-12/h4-7,9H,3,8H2,1-2H3/b12-9-. The van der Waals surface area contributed by atoms with Gasteiger partial charge in [0.25, 0.3) is 5.91 Å². The lowest BCUT2D eigenvalue weighted by atomic mass is 10.1. The lowest BCUT2D eigenvalue weighted by Crippen LogP contribution is -2.22. The van der Waals surface area contributed by atoms with Gasteiger partial charge in [-0.3, -0.25) is 9.69 Å². The van der Waals surface area contributed by atoms with Crippen molar-refractivity contribution in [1.82, 2.24) is 4.90 Å². The number of hydrogen-bond acceptors (Lipinski definition) is 5. The molecule has 1 heterocycles. The van der Waals surface area contributed by atoms with Gasteiger partial charge in [-0.25, -0.2) is 4.79 Å². The predicted molar refractivity (Wildman–Crippen MR) is 88.0 cm³/mol. The Morgan fingerprint density at radius 1 is 1.38 bits per heavy atom. The van der Waals surface area contributed by atoms with Gasteiger partial charge in [0, 0.05) is 7.05 Å². The first-order chi connectivity index (χ1) is 10.0. The van der Waals surface area contributed by atoms with Crippen molar-refractivity contribution in [2.24, 2.45) is 0 Å². The summed E-state index contributed by atoms with van der Waals surface area (Å²) in [5.41, 5.74) is 1.35. The summed E-state index contributed by atoms with van der Waals surface area (Å²) in [6.07, 6.45) is 2.56. The number of rotatable bonds is 4. The largest absolute Gasteiger partial charge is 0.462 e. The number of thioether (sulfide) groups is 1. The van der Waals surface area contributed by atoms with E-state index in [0.717, 1.165) is 12.0 Å². The van der Waals surface area contributed by atoms with Crippen molar-refractivity contribution in [3.8, 4) is 0 Å². The molecule has 0 saturated carbocycles. The molecule has 2 rings (SSSR count). The second-order valence-electron chi connectivity index (χ2n) is 4.50. The van der Waals surface area contributed by atoms with Crippen LogP contribution in [-0.2, 0) is 9.53 Å². The maximum absolute atomic E-state index is 11.9. The number of esters is 1. The van der Waals surface area contributed by atoms with Crippen LogP contribution in [-0.4, -0.2) is 34.8 Å². The van der Waals surface area contributed by atoms with E-state index in [0.29, 0.717) is 21.4 Å². The monoisotopic (exact) mass is 321 g/mol. The van der Waals surface area contributed by atoms with Crippen LogP contribution in [0.1, 0.15) is 29.3 Å². The van der Waals surface area contributed by atoms with E-state index < -0.39 is 0 Å². The first-order valence-corrected chi connectivity index (χ1v) is 7.74. The van der Waals surface area contributed by atoms with Crippen LogP contribution in [0.3, 0.4) is 0 Å². The van der Waals surface area contributed by atoms with Gasteiger partial charge in [-0.15, -0.1) is 0 Å². The second-order valence-corrected chi connectivity index (χ2v) is 6.17. The fourth-order valence-corrected chi connectivity index (χ4v) is 2.87. The number of benzene rings is 1. The Balaban J connectivity index is 2.11. The number of hydrogen-bond donors (Lipinski definition) is 0. The minimum atomic E-state index is -0.330. The molecule has 6 heteroatoms. The molecule has 1 fully saturated rings. The second kappa shape index (κ2) is 6.87. The zero-order chi connectivity index (χ0) is 15.4. The average Bonchev–Trinajstić information content (AvgIpc) is 2.73. The third-order valence-electron chi connectivity index (χ3n) is 2.87. The lowest BCUT2D eigenvalue weighted by molar-refractivity contribution is -0.121. The van der Waals surface area contributed by atoms with E-state index in [9.17, 15) is 9.59 Å². The van der Waals surface area contributed by atoms with E-state index in [1.807, 2.05) is 6.92 Å². The fourth-order valence-electron chi connectivity index (χ4n) is 1.69. The quantitative estimate of drug-likeness (QED) is 0.484. The molecule has 1 aliphatic heterocycles. The molecule has 1 aromatic carbocycles. The number of likely N-dealkylation sites (N-methyl/N-ethyl adjacent to an activating group) is 1. The molecule has 4 nitrogen and oxygen atoms in total. The number of ether oxygens (including phenoxy) is 1. The van der Waals surface area contributed by atoms with Crippen LogP contribution in [0, 0.1) is 0 Å². The van der Waals surface area contributed by atoms with Crippen LogP contribution in [0.15, 0.2) is 29.2 Å². The molecule has 1 amide bonds. The topological polar surface area (TPSA) is 46.6 Å². The Bertz CT molecular complexity index is 608. The van der Waals surface area contributed by atoms with Gasteiger partial charge in [-0.1, -0.05) is 43.0 Å². The van der Waals surface area contributed by atoms with Crippen molar-refractivity contribution < 1.29 is 14.3 Å². The summed E-state index contributed by atoms with van der Waals surface area (Å²) in [5, 5.41) is 0. The minimum absolute atomic E-state index is 0.101. The Morgan fingerprint density at radius 3 is 2.57 bits per heavy atom. The molecule has 0 spiro atoms. The van der Waals surface area contributed by atoms with Gasteiger partial charge in [0.05, 0.1) is 17.1 Å². The van der Waals surface area contributed by atoms with E-state index >= 15 is 0 Å². The van der Waals surface area contributed by atoms with E-state index in [-0.39, 0.29) is 11.9 Å². The molecule has 0 atom stereocenters. The van der Waals surface area contributed by atoms with E-state index in [1.54, 1.807) is 37.4 Å². The summed E-state index contributed by atoms with van der Waals surface area (Å²) < 4.78 is 5.61. The van der Waals surface area contributed by atoms with E-state index in [4.69, 9.17) is 17.0 Å². The zero-order valence-electron chi connectivity index (χ0n) is 11.8. The van der Waals surface area contributed by atoms with Crippen LogP contribution in [0.4, 0.5) is 0 Å². The third kappa shape index (κ3) is 3.71. The Kier molecular flexibility index (Phi) is 5.14. The van der Waals surface area contributed by atoms with Gasteiger partial charge >= 0.3 is 5.97 Å². The minimum Gasteiger partial charge on any atom is -0.462 e. The third-order valence-corrected chi connectivity index (χ3v) is 4.35. The van der Waals surface area contributed by atoms with Gasteiger partial charge in [-0.2, -0.15) is 0 Å². The van der Waals surface area contributed by atoms with Crippen molar-refractivity contribution in [2.75, 3.05) is 13.7 Å². The Morgan fingerprint density at radius 2 is 2.05 bits per heavy atom. The maximum Gasteiger partial charge on any atom is 0.338 e. The van der Waals surface area contributed by atoms with Gasteiger partial charge in [0.1, 0.15) is 4.32 Å². The van der Waals surface area contributed by atoms with Crippen molar-refractivity contribution in [3.05, 3.63) is 40.3 Å². The Hall–Kier alpha value is -1.66. The maximum atomic E-state index is 11.9. The number of nitrogens with zero attached hydrogens (tertiary/aromatic N) is 1. The van der Waals surface area contributed by atoms with Crippen molar-refractivity contribution >= 4 is 46.3 Å². The summed E-state index contributed by atoms with van der Waals surface area (Å²) in [6.45, 7) is 2.36. The van der Waals surface area contributed by atoms with Gasteiger partial charge in [0.2, 0.25) is 0 Å². The summed E-state index contributed by atoms with van der Waals surface area (Å²) >= 11 is 6.35. The molecule has 0 N–H and O–H groups in total. The SMILES string of the molecule is CCCOC(=O)c1ccc(/C=C2\SC(=S)N(C)C2=O)cc1. The highest BCUT2D eigenvalue weighted by Crippen LogP contribution is 2.31. The zero-order valence-corrected chi connectivity index (χ0v) is 13.4. The predicted octanol–water partition coefficient (Wildman–Crippen LogP) is 3.08. The highest BCUT2D eigenvalue weighted by molar-refractivity contribution is 8.26. The molecule has 0 aromatic heterocycles.